The molecule has 60 heavy (non-hydrogen) atoms. The van der Waals surface area contributed by atoms with E-state index in [0.29, 0.717) is 65.2 Å². The number of fused-ring (bicyclic) bond motifs is 2. The third-order valence-electron chi connectivity index (χ3n) is 11.7. The summed E-state index contributed by atoms with van der Waals surface area (Å²) >= 11 is 0. The van der Waals surface area contributed by atoms with Gasteiger partial charge in [-0.15, -0.1) is 0 Å². The number of alkyl halides is 3. The second-order valence-corrected chi connectivity index (χ2v) is 16.9. The van der Waals surface area contributed by atoms with Crippen molar-refractivity contribution in [2.45, 2.75) is 48.8 Å². The van der Waals surface area contributed by atoms with E-state index in [1.54, 1.807) is 27.4 Å². The molecule has 0 aromatic heterocycles. The van der Waals surface area contributed by atoms with Crippen LogP contribution in [0.4, 0.5) is 18.9 Å². The van der Waals surface area contributed by atoms with Crippen LogP contribution in [0.1, 0.15) is 51.0 Å². The first kappa shape index (κ1) is 41.1. The first-order chi connectivity index (χ1) is 28.7. The summed E-state index contributed by atoms with van der Waals surface area (Å²) in [6, 6.07) is 20.1. The van der Waals surface area contributed by atoms with Crippen molar-refractivity contribution in [3.05, 3.63) is 118 Å². The number of ether oxygens (including phenoxy) is 6. The molecule has 5 aromatic rings. The topological polar surface area (TPSA) is 108 Å². The van der Waals surface area contributed by atoms with Crippen molar-refractivity contribution >= 4 is 15.7 Å². The fourth-order valence-electron chi connectivity index (χ4n) is 8.46. The van der Waals surface area contributed by atoms with Gasteiger partial charge in [-0.1, -0.05) is 12.1 Å². The lowest BCUT2D eigenvalue weighted by Crippen LogP contribution is -2.34. The van der Waals surface area contributed by atoms with Crippen LogP contribution in [0.15, 0.2) is 83.8 Å². The minimum absolute atomic E-state index is 0.0363. The Labute approximate surface area is 347 Å². The molecule has 15 heteroatoms. The molecule has 0 aliphatic carbocycles. The minimum Gasteiger partial charge on any atom is -0.493 e. The van der Waals surface area contributed by atoms with Crippen LogP contribution in [0.3, 0.4) is 0 Å². The molecule has 5 aromatic carbocycles. The Balaban J connectivity index is 1.34. The van der Waals surface area contributed by atoms with E-state index in [1.165, 1.54) is 18.7 Å². The lowest BCUT2D eigenvalue weighted by atomic mass is 9.87. The Hall–Kier alpha value is -5.64. The summed E-state index contributed by atoms with van der Waals surface area (Å²) < 4.78 is 108. The molecular weight excluding hydrogens is 800 g/mol. The van der Waals surface area contributed by atoms with Gasteiger partial charge in [0.15, 0.2) is 34.5 Å². The molecule has 4 heterocycles. The highest BCUT2D eigenvalue weighted by atomic mass is 32.2. The van der Waals surface area contributed by atoms with E-state index in [2.05, 4.69) is 33.7 Å². The normalized spacial score (nSPS) is 17.9. The van der Waals surface area contributed by atoms with Gasteiger partial charge in [-0.2, -0.15) is 13.2 Å². The number of anilines is 1. The predicted molar refractivity (Wildman–Crippen MR) is 220 cm³/mol. The smallest absolute Gasteiger partial charge is 0.416 e. The number of methoxy groups -OCH3 is 4. The van der Waals surface area contributed by atoms with Crippen LogP contribution in [0.5, 0.6) is 46.0 Å². The monoisotopic (exact) mass is 845 g/mol. The summed E-state index contributed by atoms with van der Waals surface area (Å²) in [4.78, 5) is 4.16. The summed E-state index contributed by atoms with van der Waals surface area (Å²) in [5, 5.41) is 0. The zero-order valence-corrected chi connectivity index (χ0v) is 34.9. The molecule has 0 saturated carbocycles. The summed E-state index contributed by atoms with van der Waals surface area (Å²) in [6.45, 7) is 1.51. The van der Waals surface area contributed by atoms with Gasteiger partial charge in [-0.25, -0.2) is 8.42 Å². The minimum atomic E-state index is -4.63. The second-order valence-electron chi connectivity index (χ2n) is 15.3. The Morgan fingerprint density at radius 2 is 1.30 bits per heavy atom. The van der Waals surface area contributed by atoms with Crippen molar-refractivity contribution in [1.29, 1.82) is 0 Å². The van der Waals surface area contributed by atoms with E-state index >= 15 is 0 Å². The van der Waals surface area contributed by atoms with Crippen molar-refractivity contribution in [1.82, 2.24) is 9.80 Å². The van der Waals surface area contributed by atoms with Gasteiger partial charge in [0.2, 0.25) is 5.75 Å². The average molecular weight is 846 g/mol. The summed E-state index contributed by atoms with van der Waals surface area (Å²) in [6.07, 6.45) is -2.23. The number of benzene rings is 5. The maximum atomic E-state index is 13.9. The lowest BCUT2D eigenvalue weighted by molar-refractivity contribution is -0.137. The van der Waals surface area contributed by atoms with Gasteiger partial charge < -0.3 is 28.4 Å². The third-order valence-corrected chi connectivity index (χ3v) is 13.1. The highest BCUT2D eigenvalue weighted by Crippen LogP contribution is 2.52. The average Bonchev–Trinajstić information content (AvgIpc) is 3.23. The van der Waals surface area contributed by atoms with Crippen LogP contribution in [-0.4, -0.2) is 73.8 Å². The van der Waals surface area contributed by atoms with Crippen molar-refractivity contribution in [2.75, 3.05) is 60.3 Å². The molecule has 4 aliphatic rings. The van der Waals surface area contributed by atoms with Gasteiger partial charge >= 0.3 is 6.18 Å². The molecule has 2 atom stereocenters. The Bertz CT molecular complexity index is 2530. The number of sulfonamides is 1. The number of nitrogens with one attached hydrogen (secondary N) is 1. The molecule has 0 saturated heterocycles. The zero-order valence-electron chi connectivity index (χ0n) is 34.1. The fraction of sp³-hybridized carbons (Fsp3) is 0.333. The Morgan fingerprint density at radius 3 is 1.95 bits per heavy atom. The SMILES string of the molecule is COc1cc(NS(=O)(=O)c2ccc(C(F)(F)F)cc2)c2cc1Oc1ccc(cc1)C[C@H]1c3cc(c(OC)cc3CCN1C)Oc1c(OC)c(OC)cc3c1[C@H](C2)N(C)CC3. The molecule has 1 N–H and O–H groups in total. The van der Waals surface area contributed by atoms with Crippen LogP contribution < -0.4 is 33.1 Å². The maximum absolute atomic E-state index is 13.9. The first-order valence-electron chi connectivity index (χ1n) is 19.5. The van der Waals surface area contributed by atoms with Crippen molar-refractivity contribution in [3.63, 3.8) is 0 Å². The van der Waals surface area contributed by atoms with Crippen molar-refractivity contribution in [3.8, 4) is 46.0 Å². The van der Waals surface area contributed by atoms with E-state index in [0.717, 1.165) is 59.5 Å². The van der Waals surface area contributed by atoms with E-state index in [1.807, 2.05) is 37.4 Å². The van der Waals surface area contributed by atoms with Crippen LogP contribution in [0.25, 0.3) is 0 Å². The molecule has 0 fully saturated rings. The van der Waals surface area contributed by atoms with Gasteiger partial charge in [-0.3, -0.25) is 14.5 Å². The molecule has 0 unspecified atom stereocenters. The number of halogens is 3. The van der Waals surface area contributed by atoms with Gasteiger partial charge in [-0.05, 0) is 128 Å². The van der Waals surface area contributed by atoms with Gasteiger partial charge in [0.25, 0.3) is 10.0 Å². The predicted octanol–water partition coefficient (Wildman–Crippen LogP) is 8.98. The Kier molecular flexibility index (Phi) is 11.0. The van der Waals surface area contributed by atoms with E-state index in [-0.39, 0.29) is 28.8 Å². The molecular formula is C45H46F3N3O8S. The number of nitrogens with zero attached hydrogens (tertiary/aromatic N) is 2. The Morgan fingerprint density at radius 1 is 0.683 bits per heavy atom. The van der Waals surface area contributed by atoms with Gasteiger partial charge in [0, 0.05) is 36.8 Å². The molecule has 0 amide bonds. The molecule has 9 rings (SSSR count). The third kappa shape index (κ3) is 7.77. The van der Waals surface area contributed by atoms with E-state index in [4.69, 9.17) is 28.4 Å². The van der Waals surface area contributed by atoms with Crippen molar-refractivity contribution in [2.24, 2.45) is 0 Å². The summed E-state index contributed by atoms with van der Waals surface area (Å²) in [5.41, 5.74) is 4.84. The van der Waals surface area contributed by atoms with Crippen LogP contribution in [0, 0.1) is 0 Å². The van der Waals surface area contributed by atoms with Crippen LogP contribution >= 0.6 is 0 Å². The molecule has 0 radical (unpaired) electrons. The number of rotatable bonds is 7. The summed E-state index contributed by atoms with van der Waals surface area (Å²) in [5.74, 6) is 3.45. The molecule has 4 aliphatic heterocycles. The second kappa shape index (κ2) is 16.1. The van der Waals surface area contributed by atoms with Crippen LogP contribution in [0.2, 0.25) is 0 Å². The standard InChI is InChI=1S/C45H46F3N3O8S/c1-50-17-15-27-21-37(54-3)40-24-33(27)35(50)19-26-7-11-31(12-8-26)58-39-23-29(20-36-42-28(16-18-51(36)2)22-41(56-5)43(57-6)44(42)59-40)34(25-38(39)55-4)49-60(52,53)32-13-9-30(10-14-32)45(46,47)48/h7-14,21-25,35-36,49H,15-20H2,1-6H3/t35-,36-/m0/s1. The number of hydrogen-bond donors (Lipinski definition) is 1. The first-order valence-corrected chi connectivity index (χ1v) is 20.9. The largest absolute Gasteiger partial charge is 0.493 e. The highest BCUT2D eigenvalue weighted by molar-refractivity contribution is 7.92. The maximum Gasteiger partial charge on any atom is 0.416 e. The van der Waals surface area contributed by atoms with E-state index < -0.39 is 27.8 Å². The quantitative estimate of drug-likeness (QED) is 0.171. The molecule has 0 spiro atoms. The van der Waals surface area contributed by atoms with Crippen molar-refractivity contribution < 1.29 is 50.0 Å². The molecule has 11 nitrogen and oxygen atoms in total. The van der Waals surface area contributed by atoms with Gasteiger partial charge in [0.05, 0.1) is 44.6 Å². The molecule has 6 bridgehead atoms. The number of hydrogen-bond acceptors (Lipinski definition) is 10. The van der Waals surface area contributed by atoms with Crippen LogP contribution in [-0.2, 0) is 41.9 Å². The fourth-order valence-corrected chi connectivity index (χ4v) is 9.56. The summed E-state index contributed by atoms with van der Waals surface area (Å²) in [7, 11) is 5.90. The van der Waals surface area contributed by atoms with E-state index in [9.17, 15) is 21.6 Å². The lowest BCUT2D eigenvalue weighted by Gasteiger charge is -2.37. The number of likely N-dealkylation sites (N-methyl/N-ethyl adjacent to an activating group) is 2. The highest BCUT2D eigenvalue weighted by Gasteiger charge is 2.36. The van der Waals surface area contributed by atoms with Gasteiger partial charge in [0.1, 0.15) is 5.75 Å². The zero-order chi connectivity index (χ0) is 42.5. The molecule has 316 valence electrons.